The zero-order chi connectivity index (χ0) is 10.8. The van der Waals surface area contributed by atoms with Crippen LogP contribution in [0.5, 0.6) is 0 Å². The van der Waals surface area contributed by atoms with Crippen LogP contribution in [0.4, 0.5) is 11.6 Å². The van der Waals surface area contributed by atoms with E-state index in [1.807, 2.05) is 4.90 Å². The van der Waals surface area contributed by atoms with Crippen molar-refractivity contribution in [1.82, 2.24) is 9.55 Å². The first-order valence-electron chi connectivity index (χ1n) is 4.68. The molecule has 0 atom stereocenters. The fourth-order valence-electron chi connectivity index (χ4n) is 1.68. The topological polar surface area (TPSA) is 73.4 Å². The number of hydrogen-bond acceptors (Lipinski definition) is 5. The van der Waals surface area contributed by atoms with Gasteiger partial charge in [-0.2, -0.15) is 0 Å². The number of imidazole rings is 1. The van der Waals surface area contributed by atoms with E-state index in [1.165, 1.54) is 6.33 Å². The number of anilines is 1. The molecule has 1 aliphatic heterocycles. The second kappa shape index (κ2) is 3.85. The lowest BCUT2D eigenvalue weighted by Gasteiger charge is -2.27. The molecule has 0 radical (unpaired) electrons. The van der Waals surface area contributed by atoms with Crippen molar-refractivity contribution >= 4 is 11.6 Å². The van der Waals surface area contributed by atoms with Gasteiger partial charge in [0.15, 0.2) is 0 Å². The summed E-state index contributed by atoms with van der Waals surface area (Å²) in [5.74, 6) is 0.475. The largest absolute Gasteiger partial charge is 0.406 e. The molecule has 0 aromatic carbocycles. The smallest absolute Gasteiger partial charge is 0.378 e. The van der Waals surface area contributed by atoms with Crippen LogP contribution in [0.2, 0.25) is 0 Å². The minimum atomic E-state index is -0.454. The highest BCUT2D eigenvalue weighted by Crippen LogP contribution is 2.26. The summed E-state index contributed by atoms with van der Waals surface area (Å²) in [7, 11) is 1.75. The Morgan fingerprint density at radius 1 is 1.53 bits per heavy atom. The second-order valence-electron chi connectivity index (χ2n) is 3.36. The Bertz CT molecular complexity index is 370. The lowest BCUT2D eigenvalue weighted by molar-refractivity contribution is -0.388. The van der Waals surface area contributed by atoms with Crippen LogP contribution >= 0.6 is 0 Å². The third-order valence-corrected chi connectivity index (χ3v) is 2.37. The minimum absolute atomic E-state index is 0.0839. The Morgan fingerprint density at radius 2 is 2.20 bits per heavy atom. The van der Waals surface area contributed by atoms with Crippen molar-refractivity contribution in [3.05, 3.63) is 16.4 Å². The second-order valence-corrected chi connectivity index (χ2v) is 3.36. The molecule has 1 aromatic heterocycles. The maximum Gasteiger partial charge on any atom is 0.406 e. The van der Waals surface area contributed by atoms with E-state index < -0.39 is 4.92 Å². The average Bonchev–Trinajstić information content (AvgIpc) is 2.61. The molecule has 7 heteroatoms. The van der Waals surface area contributed by atoms with Crippen molar-refractivity contribution in [3.63, 3.8) is 0 Å². The van der Waals surface area contributed by atoms with Crippen LogP contribution in [-0.4, -0.2) is 40.8 Å². The van der Waals surface area contributed by atoms with Crippen LogP contribution in [0.25, 0.3) is 0 Å². The monoisotopic (exact) mass is 212 g/mol. The molecule has 0 N–H and O–H groups in total. The summed E-state index contributed by atoms with van der Waals surface area (Å²) in [6, 6.07) is 0. The van der Waals surface area contributed by atoms with Crippen molar-refractivity contribution in [2.75, 3.05) is 31.2 Å². The highest BCUT2D eigenvalue weighted by Gasteiger charge is 2.26. The molecule has 2 rings (SSSR count). The molecule has 1 fully saturated rings. The standard InChI is InChI=1S/C8H12N4O3/c1-10-6-9-7(12(13)14)8(10)11-2-4-15-5-3-11/h6H,2-5H2,1H3. The maximum atomic E-state index is 10.7. The van der Waals surface area contributed by atoms with Gasteiger partial charge in [0, 0.05) is 20.1 Å². The SMILES string of the molecule is Cn1cnc([N+](=O)[O-])c1N1CCOCC1. The molecule has 0 unspecified atom stereocenters. The van der Waals surface area contributed by atoms with E-state index in [-0.39, 0.29) is 5.82 Å². The highest BCUT2D eigenvalue weighted by atomic mass is 16.6. The van der Waals surface area contributed by atoms with E-state index in [9.17, 15) is 10.1 Å². The van der Waals surface area contributed by atoms with Gasteiger partial charge in [0.2, 0.25) is 12.1 Å². The van der Waals surface area contributed by atoms with Gasteiger partial charge >= 0.3 is 5.82 Å². The number of hydrogen-bond donors (Lipinski definition) is 0. The fraction of sp³-hybridized carbons (Fsp3) is 0.625. The van der Waals surface area contributed by atoms with Crippen molar-refractivity contribution < 1.29 is 9.66 Å². The molecule has 2 heterocycles. The van der Waals surface area contributed by atoms with Gasteiger partial charge in [-0.1, -0.05) is 0 Å². The Morgan fingerprint density at radius 3 is 2.80 bits per heavy atom. The summed E-state index contributed by atoms with van der Waals surface area (Å²) in [6.45, 7) is 2.53. The van der Waals surface area contributed by atoms with Gasteiger partial charge in [0.05, 0.1) is 13.2 Å². The molecule has 15 heavy (non-hydrogen) atoms. The van der Waals surface area contributed by atoms with Gasteiger partial charge < -0.3 is 19.8 Å². The number of aromatic nitrogens is 2. The zero-order valence-electron chi connectivity index (χ0n) is 8.42. The van der Waals surface area contributed by atoms with Gasteiger partial charge in [0.1, 0.15) is 0 Å². The molecule has 1 aliphatic rings. The van der Waals surface area contributed by atoms with Crippen LogP contribution in [-0.2, 0) is 11.8 Å². The highest BCUT2D eigenvalue weighted by molar-refractivity contribution is 5.54. The summed E-state index contributed by atoms with van der Waals surface area (Å²) in [4.78, 5) is 16.0. The molecule has 0 amide bonds. The Balaban J connectivity index is 2.32. The molecule has 0 spiro atoms. The van der Waals surface area contributed by atoms with Gasteiger partial charge in [-0.25, -0.2) is 0 Å². The number of rotatable bonds is 2. The molecule has 7 nitrogen and oxygen atoms in total. The van der Waals surface area contributed by atoms with Crippen LogP contribution in [0, 0.1) is 10.1 Å². The molecule has 0 saturated carbocycles. The van der Waals surface area contributed by atoms with Crippen LogP contribution in [0.3, 0.4) is 0 Å². The van der Waals surface area contributed by atoms with Gasteiger partial charge in [-0.3, -0.25) is 4.57 Å². The fourth-order valence-corrected chi connectivity index (χ4v) is 1.68. The van der Waals surface area contributed by atoms with E-state index in [0.29, 0.717) is 32.1 Å². The first kappa shape index (κ1) is 9.91. The summed E-state index contributed by atoms with van der Waals surface area (Å²) in [5, 5.41) is 10.7. The lowest BCUT2D eigenvalue weighted by atomic mass is 10.4. The lowest BCUT2D eigenvalue weighted by Crippen LogP contribution is -2.37. The summed E-state index contributed by atoms with van der Waals surface area (Å²) < 4.78 is 6.87. The molecule has 0 bridgehead atoms. The number of aryl methyl sites for hydroxylation is 1. The maximum absolute atomic E-state index is 10.7. The molecule has 1 saturated heterocycles. The van der Waals surface area contributed by atoms with E-state index in [4.69, 9.17) is 4.74 Å². The van der Waals surface area contributed by atoms with Crippen LogP contribution in [0.15, 0.2) is 6.33 Å². The first-order valence-corrected chi connectivity index (χ1v) is 4.68. The van der Waals surface area contributed by atoms with Crippen molar-refractivity contribution in [2.45, 2.75) is 0 Å². The number of morpholine rings is 1. The third-order valence-electron chi connectivity index (χ3n) is 2.37. The van der Waals surface area contributed by atoms with E-state index in [2.05, 4.69) is 4.98 Å². The average molecular weight is 212 g/mol. The number of nitro groups is 1. The normalized spacial score (nSPS) is 16.7. The first-order chi connectivity index (χ1) is 7.20. The van der Waals surface area contributed by atoms with E-state index in [0.717, 1.165) is 0 Å². The molecule has 0 aliphatic carbocycles. The van der Waals surface area contributed by atoms with Gasteiger partial charge in [-0.15, -0.1) is 0 Å². The molecule has 82 valence electrons. The predicted octanol–water partition coefficient (Wildman–Crippen LogP) is 0.165. The zero-order valence-corrected chi connectivity index (χ0v) is 8.42. The van der Waals surface area contributed by atoms with Crippen molar-refractivity contribution in [3.8, 4) is 0 Å². The Kier molecular flexibility index (Phi) is 2.55. The summed E-state index contributed by atoms with van der Waals surface area (Å²) in [5.41, 5.74) is 0. The van der Waals surface area contributed by atoms with Crippen LogP contribution in [0.1, 0.15) is 0 Å². The molecule has 1 aromatic rings. The predicted molar refractivity (Wildman–Crippen MR) is 52.9 cm³/mol. The Hall–Kier alpha value is -1.63. The number of ether oxygens (including phenoxy) is 1. The van der Waals surface area contributed by atoms with E-state index >= 15 is 0 Å². The van der Waals surface area contributed by atoms with E-state index in [1.54, 1.807) is 11.6 Å². The van der Waals surface area contributed by atoms with Gasteiger partial charge in [-0.05, 0) is 9.91 Å². The van der Waals surface area contributed by atoms with Gasteiger partial charge in [0.25, 0.3) is 0 Å². The number of nitrogens with zero attached hydrogens (tertiary/aromatic N) is 4. The third kappa shape index (κ3) is 1.78. The van der Waals surface area contributed by atoms with Crippen molar-refractivity contribution in [2.24, 2.45) is 7.05 Å². The quantitative estimate of drug-likeness (QED) is 0.516. The molecular formula is C8H12N4O3. The Labute approximate surface area is 86.4 Å². The molecular weight excluding hydrogens is 200 g/mol. The summed E-state index contributed by atoms with van der Waals surface area (Å²) >= 11 is 0. The van der Waals surface area contributed by atoms with Crippen LogP contribution < -0.4 is 4.90 Å². The summed E-state index contributed by atoms with van der Waals surface area (Å²) in [6.07, 6.45) is 1.46. The van der Waals surface area contributed by atoms with Crippen molar-refractivity contribution in [1.29, 1.82) is 0 Å². The minimum Gasteiger partial charge on any atom is -0.378 e.